The zero-order valence-corrected chi connectivity index (χ0v) is 14.6. The van der Waals surface area contributed by atoms with Crippen LogP contribution in [0.15, 0.2) is 0 Å². The third-order valence-corrected chi connectivity index (χ3v) is 3.71. The summed E-state index contributed by atoms with van der Waals surface area (Å²) in [5.74, 6) is 0.230. The molecule has 0 aliphatic rings. The Hall–Kier alpha value is -1.14. The second-order valence-electron chi connectivity index (χ2n) is 5.96. The smallest absolute Gasteiger partial charge is 0.220 e. The minimum atomic E-state index is 0.115. The summed E-state index contributed by atoms with van der Waals surface area (Å²) in [6.45, 7) is 2.70. The summed E-state index contributed by atoms with van der Waals surface area (Å²) in [7, 11) is 0. The maximum atomic E-state index is 11.3. The number of amides is 2. The molecule has 6 nitrogen and oxygen atoms in total. The monoisotopic (exact) mass is 328 g/mol. The van der Waals surface area contributed by atoms with Gasteiger partial charge < -0.3 is 22.1 Å². The Morgan fingerprint density at radius 2 is 0.913 bits per heavy atom. The fourth-order valence-electron chi connectivity index (χ4n) is 2.29. The number of rotatable bonds is 16. The Morgan fingerprint density at radius 3 is 1.26 bits per heavy atom. The molecule has 0 aliphatic heterocycles. The zero-order chi connectivity index (χ0) is 17.2. The van der Waals surface area contributed by atoms with Crippen LogP contribution in [-0.2, 0) is 9.59 Å². The van der Waals surface area contributed by atoms with E-state index in [-0.39, 0.29) is 11.8 Å². The molecule has 2 amide bonds. The first-order chi connectivity index (χ1) is 11.2. The van der Waals surface area contributed by atoms with Crippen molar-refractivity contribution >= 4 is 11.8 Å². The highest BCUT2D eigenvalue weighted by Crippen LogP contribution is 2.06. The van der Waals surface area contributed by atoms with E-state index >= 15 is 0 Å². The third kappa shape index (κ3) is 17.1. The number of nitrogens with one attached hydrogen (secondary N) is 2. The van der Waals surface area contributed by atoms with Gasteiger partial charge in [0.15, 0.2) is 0 Å². The maximum absolute atomic E-state index is 11.3. The van der Waals surface area contributed by atoms with Crippen LogP contribution in [0.5, 0.6) is 0 Å². The molecule has 0 bridgehead atoms. The van der Waals surface area contributed by atoms with Crippen LogP contribution in [0.4, 0.5) is 0 Å². The van der Waals surface area contributed by atoms with E-state index < -0.39 is 0 Å². The Morgan fingerprint density at radius 1 is 0.565 bits per heavy atom. The second-order valence-corrected chi connectivity index (χ2v) is 5.96. The van der Waals surface area contributed by atoms with E-state index in [0.717, 1.165) is 51.6 Å². The molecular weight excluding hydrogens is 292 g/mol. The van der Waals surface area contributed by atoms with E-state index in [4.69, 9.17) is 11.5 Å². The van der Waals surface area contributed by atoms with Crippen LogP contribution in [0, 0.1) is 0 Å². The predicted molar refractivity (Wildman–Crippen MR) is 94.9 cm³/mol. The summed E-state index contributed by atoms with van der Waals surface area (Å²) in [5.41, 5.74) is 10.7. The highest BCUT2D eigenvalue weighted by molar-refractivity contribution is 5.76. The molecule has 0 aliphatic carbocycles. The number of hydrogen-bond acceptors (Lipinski definition) is 4. The largest absolute Gasteiger partial charge is 0.356 e. The predicted octanol–water partition coefficient (Wildman–Crippen LogP) is 1.43. The number of unbranched alkanes of at least 4 members (excludes halogenated alkanes) is 6. The highest BCUT2D eigenvalue weighted by atomic mass is 16.2. The van der Waals surface area contributed by atoms with Crippen molar-refractivity contribution < 1.29 is 9.59 Å². The topological polar surface area (TPSA) is 110 Å². The summed E-state index contributed by atoms with van der Waals surface area (Å²) in [4.78, 5) is 22.7. The molecule has 0 aromatic rings. The van der Waals surface area contributed by atoms with Crippen molar-refractivity contribution in [3.05, 3.63) is 0 Å². The lowest BCUT2D eigenvalue weighted by Crippen LogP contribution is -2.24. The van der Waals surface area contributed by atoms with Crippen LogP contribution in [0.2, 0.25) is 0 Å². The molecule has 0 atom stereocenters. The van der Waals surface area contributed by atoms with Gasteiger partial charge in [-0.15, -0.1) is 0 Å². The number of hydrogen-bond donors (Lipinski definition) is 4. The van der Waals surface area contributed by atoms with E-state index in [1.54, 1.807) is 0 Å². The Balaban J connectivity index is 3.16. The van der Waals surface area contributed by atoms with Crippen molar-refractivity contribution in [2.24, 2.45) is 11.5 Å². The Kier molecular flexibility index (Phi) is 16.4. The number of nitrogens with two attached hydrogens (primary N) is 2. The van der Waals surface area contributed by atoms with Crippen molar-refractivity contribution in [2.75, 3.05) is 26.2 Å². The first-order valence-electron chi connectivity index (χ1n) is 9.14. The lowest BCUT2D eigenvalue weighted by Gasteiger charge is -2.06. The van der Waals surface area contributed by atoms with Gasteiger partial charge in [0.2, 0.25) is 11.8 Å². The molecule has 0 rings (SSSR count). The van der Waals surface area contributed by atoms with Crippen LogP contribution in [-0.4, -0.2) is 38.0 Å². The van der Waals surface area contributed by atoms with E-state index in [1.165, 1.54) is 19.3 Å². The first kappa shape index (κ1) is 21.9. The minimum Gasteiger partial charge on any atom is -0.356 e. The van der Waals surface area contributed by atoms with E-state index in [1.807, 2.05) is 0 Å². The van der Waals surface area contributed by atoms with Crippen LogP contribution < -0.4 is 22.1 Å². The SMILES string of the molecule is NCCCC(=O)NCCCCCCCCCNC(=O)CCCN. The molecule has 0 saturated heterocycles. The molecule has 136 valence electrons. The average molecular weight is 329 g/mol. The second kappa shape index (κ2) is 17.2. The fraction of sp³-hybridized carbons (Fsp3) is 0.882. The van der Waals surface area contributed by atoms with E-state index in [0.29, 0.717) is 25.9 Å². The minimum absolute atomic E-state index is 0.115. The van der Waals surface area contributed by atoms with Gasteiger partial charge in [-0.05, 0) is 38.8 Å². The molecule has 0 heterocycles. The molecule has 0 unspecified atom stereocenters. The zero-order valence-electron chi connectivity index (χ0n) is 14.6. The van der Waals surface area contributed by atoms with Crippen LogP contribution in [0.3, 0.4) is 0 Å². The summed E-state index contributed by atoms with van der Waals surface area (Å²) < 4.78 is 0. The number of carbonyl (C=O) groups is 2. The van der Waals surface area contributed by atoms with E-state index in [2.05, 4.69) is 10.6 Å². The molecule has 0 radical (unpaired) electrons. The highest BCUT2D eigenvalue weighted by Gasteiger charge is 2.00. The summed E-state index contributed by atoms with van der Waals surface area (Å²) in [6, 6.07) is 0. The average Bonchev–Trinajstić information content (AvgIpc) is 2.55. The Bertz CT molecular complexity index is 270. The van der Waals surface area contributed by atoms with Gasteiger partial charge in [0.25, 0.3) is 0 Å². The molecule has 23 heavy (non-hydrogen) atoms. The maximum Gasteiger partial charge on any atom is 0.220 e. The van der Waals surface area contributed by atoms with Gasteiger partial charge in [0.1, 0.15) is 0 Å². The van der Waals surface area contributed by atoms with Gasteiger partial charge in [0.05, 0.1) is 0 Å². The quantitative estimate of drug-likeness (QED) is 0.321. The van der Waals surface area contributed by atoms with Gasteiger partial charge in [-0.1, -0.05) is 32.1 Å². The standard InChI is InChI=1S/C17H36N4O2/c18-12-8-10-16(22)20-14-6-4-2-1-3-5-7-15-21-17(23)11-9-13-19/h1-15,18-19H2,(H,20,22)(H,21,23). The van der Waals surface area contributed by atoms with Gasteiger partial charge in [-0.3, -0.25) is 9.59 Å². The van der Waals surface area contributed by atoms with Crippen LogP contribution >= 0.6 is 0 Å². The van der Waals surface area contributed by atoms with Crippen molar-refractivity contribution in [1.29, 1.82) is 0 Å². The number of carbonyl (C=O) groups excluding carboxylic acids is 2. The lowest BCUT2D eigenvalue weighted by atomic mass is 10.1. The summed E-state index contributed by atoms with van der Waals surface area (Å²) in [6.07, 6.45) is 10.7. The molecule has 6 heteroatoms. The molecule has 6 N–H and O–H groups in total. The van der Waals surface area contributed by atoms with Crippen LogP contribution in [0.1, 0.15) is 70.6 Å². The lowest BCUT2D eigenvalue weighted by molar-refractivity contribution is -0.122. The summed E-state index contributed by atoms with van der Waals surface area (Å²) >= 11 is 0. The van der Waals surface area contributed by atoms with Crippen LogP contribution in [0.25, 0.3) is 0 Å². The molecule has 0 saturated carbocycles. The van der Waals surface area contributed by atoms with Gasteiger partial charge in [0, 0.05) is 25.9 Å². The van der Waals surface area contributed by atoms with Crippen molar-refractivity contribution in [2.45, 2.75) is 70.6 Å². The Labute approximate surface area is 141 Å². The van der Waals surface area contributed by atoms with Crippen molar-refractivity contribution in [3.8, 4) is 0 Å². The van der Waals surface area contributed by atoms with Gasteiger partial charge in [-0.2, -0.15) is 0 Å². The normalized spacial score (nSPS) is 10.5. The summed E-state index contributed by atoms with van der Waals surface area (Å²) in [5, 5.41) is 5.84. The molecule has 0 fully saturated rings. The first-order valence-corrected chi connectivity index (χ1v) is 9.14. The van der Waals surface area contributed by atoms with E-state index in [9.17, 15) is 9.59 Å². The van der Waals surface area contributed by atoms with Gasteiger partial charge >= 0.3 is 0 Å². The molecule has 0 aromatic heterocycles. The fourth-order valence-corrected chi connectivity index (χ4v) is 2.29. The molecule has 0 aromatic carbocycles. The van der Waals surface area contributed by atoms with Crippen molar-refractivity contribution in [3.63, 3.8) is 0 Å². The molecule has 0 spiro atoms. The van der Waals surface area contributed by atoms with Gasteiger partial charge in [-0.25, -0.2) is 0 Å². The molecular formula is C17H36N4O2. The van der Waals surface area contributed by atoms with Crippen molar-refractivity contribution in [1.82, 2.24) is 10.6 Å². The third-order valence-electron chi connectivity index (χ3n) is 3.71.